The molecule has 2 aliphatic heterocycles. The molecular formula is C22H21N3O5S. The minimum absolute atomic E-state index is 0.0681. The molecular weight excluding hydrogens is 418 g/mol. The van der Waals surface area contributed by atoms with Gasteiger partial charge in [-0.05, 0) is 61.0 Å². The number of carbonyl (C=O) groups excluding carboxylic acids is 1. The van der Waals surface area contributed by atoms with Crippen molar-refractivity contribution in [2.24, 2.45) is 0 Å². The average molecular weight is 439 g/mol. The van der Waals surface area contributed by atoms with Crippen molar-refractivity contribution in [3.05, 3.63) is 62.6 Å². The smallest absolute Gasteiger partial charge is 0.262 e. The van der Waals surface area contributed by atoms with E-state index in [-0.39, 0.29) is 29.1 Å². The van der Waals surface area contributed by atoms with Gasteiger partial charge in [0.05, 0.1) is 23.6 Å². The number of carbonyl (C=O) groups is 1. The molecule has 0 saturated carbocycles. The van der Waals surface area contributed by atoms with E-state index in [2.05, 4.69) is 10.3 Å². The highest BCUT2D eigenvalue weighted by Crippen LogP contribution is 2.32. The molecule has 8 nitrogen and oxygen atoms in total. The lowest BCUT2D eigenvalue weighted by Crippen LogP contribution is -2.31. The average Bonchev–Trinajstić information content (AvgIpc) is 3.46. The highest BCUT2D eigenvalue weighted by molar-refractivity contribution is 7.71. The minimum atomic E-state index is -0.220. The maximum atomic E-state index is 13.1. The predicted octanol–water partition coefficient (Wildman–Crippen LogP) is 2.74. The first kappa shape index (κ1) is 19.8. The summed E-state index contributed by atoms with van der Waals surface area (Å²) < 4.78 is 18.0. The second-order valence-electron chi connectivity index (χ2n) is 7.61. The van der Waals surface area contributed by atoms with Crippen LogP contribution in [-0.2, 0) is 11.3 Å². The Hall–Kier alpha value is -3.17. The maximum Gasteiger partial charge on any atom is 0.262 e. The Kier molecular flexibility index (Phi) is 5.21. The number of hydrogen-bond acceptors (Lipinski definition) is 6. The third kappa shape index (κ3) is 3.94. The largest absolute Gasteiger partial charge is 0.454 e. The van der Waals surface area contributed by atoms with Crippen molar-refractivity contribution in [1.29, 1.82) is 0 Å². The molecule has 1 atom stereocenters. The van der Waals surface area contributed by atoms with Gasteiger partial charge in [0.15, 0.2) is 16.3 Å². The van der Waals surface area contributed by atoms with Gasteiger partial charge in [0.2, 0.25) is 6.79 Å². The van der Waals surface area contributed by atoms with Crippen LogP contribution in [0.25, 0.3) is 10.9 Å². The van der Waals surface area contributed by atoms with E-state index in [1.807, 2.05) is 18.2 Å². The van der Waals surface area contributed by atoms with Gasteiger partial charge in [0.1, 0.15) is 0 Å². The molecule has 160 valence electrons. The molecule has 3 aromatic rings. The number of nitrogens with one attached hydrogen (secondary N) is 2. The van der Waals surface area contributed by atoms with Gasteiger partial charge < -0.3 is 24.5 Å². The fourth-order valence-electron chi connectivity index (χ4n) is 3.88. The summed E-state index contributed by atoms with van der Waals surface area (Å²) in [5.41, 5.74) is 1.64. The van der Waals surface area contributed by atoms with Crippen molar-refractivity contribution in [3.63, 3.8) is 0 Å². The first-order chi connectivity index (χ1) is 15.1. The number of amides is 1. The number of aromatic nitrogens is 2. The Labute approximate surface area is 182 Å². The standard InChI is InChI=1S/C22H21N3O5S/c26-20(23-10-15-2-1-7-28-15)14-4-5-16-17(9-14)24-22(31)25(21(16)27)11-13-3-6-18-19(8-13)30-12-29-18/h3-6,8-9,15H,1-2,7,10-12H2,(H,23,26)(H,24,31)/t15-/m1/s1. The number of benzene rings is 2. The zero-order chi connectivity index (χ0) is 21.4. The number of fused-ring (bicyclic) bond motifs is 2. The zero-order valence-electron chi connectivity index (χ0n) is 16.7. The van der Waals surface area contributed by atoms with Gasteiger partial charge in [0, 0.05) is 18.7 Å². The van der Waals surface area contributed by atoms with Gasteiger partial charge in [-0.3, -0.25) is 14.2 Å². The van der Waals surface area contributed by atoms with Crippen LogP contribution in [0.1, 0.15) is 28.8 Å². The Morgan fingerprint density at radius 2 is 2.06 bits per heavy atom. The monoisotopic (exact) mass is 439 g/mol. The lowest BCUT2D eigenvalue weighted by molar-refractivity contribution is 0.0858. The van der Waals surface area contributed by atoms with Crippen LogP contribution >= 0.6 is 12.2 Å². The molecule has 1 aromatic heterocycles. The van der Waals surface area contributed by atoms with E-state index in [0.29, 0.717) is 41.1 Å². The summed E-state index contributed by atoms with van der Waals surface area (Å²) in [6, 6.07) is 10.5. The summed E-state index contributed by atoms with van der Waals surface area (Å²) in [5.74, 6) is 1.13. The summed E-state index contributed by atoms with van der Waals surface area (Å²) in [7, 11) is 0. The molecule has 0 bridgehead atoms. The third-order valence-corrected chi connectivity index (χ3v) is 5.86. The fraction of sp³-hybridized carbons (Fsp3) is 0.318. The van der Waals surface area contributed by atoms with E-state index in [4.69, 9.17) is 26.4 Å². The van der Waals surface area contributed by atoms with E-state index in [9.17, 15) is 9.59 Å². The highest BCUT2D eigenvalue weighted by atomic mass is 32.1. The lowest BCUT2D eigenvalue weighted by Gasteiger charge is -2.12. The minimum Gasteiger partial charge on any atom is -0.454 e. The molecule has 3 heterocycles. The van der Waals surface area contributed by atoms with Crippen LogP contribution in [0.15, 0.2) is 41.2 Å². The van der Waals surface area contributed by atoms with Crippen molar-refractivity contribution < 1.29 is 19.0 Å². The van der Waals surface area contributed by atoms with Crippen LogP contribution in [0.4, 0.5) is 0 Å². The molecule has 0 radical (unpaired) electrons. The molecule has 31 heavy (non-hydrogen) atoms. The van der Waals surface area contributed by atoms with Crippen LogP contribution in [0, 0.1) is 4.77 Å². The molecule has 1 fully saturated rings. The first-order valence-corrected chi connectivity index (χ1v) is 10.5. The number of ether oxygens (including phenoxy) is 3. The van der Waals surface area contributed by atoms with Crippen LogP contribution < -0.4 is 20.3 Å². The Morgan fingerprint density at radius 3 is 2.90 bits per heavy atom. The molecule has 2 aliphatic rings. The van der Waals surface area contributed by atoms with E-state index in [1.165, 1.54) is 4.57 Å². The van der Waals surface area contributed by atoms with Gasteiger partial charge >= 0.3 is 0 Å². The molecule has 2 aromatic carbocycles. The van der Waals surface area contributed by atoms with E-state index < -0.39 is 0 Å². The van der Waals surface area contributed by atoms with E-state index in [0.717, 1.165) is 25.0 Å². The second kappa shape index (κ2) is 8.16. The normalized spacial score (nSPS) is 17.2. The molecule has 0 unspecified atom stereocenters. The second-order valence-corrected chi connectivity index (χ2v) is 8.00. The quantitative estimate of drug-likeness (QED) is 0.594. The fourth-order valence-corrected chi connectivity index (χ4v) is 4.13. The number of aromatic amines is 1. The van der Waals surface area contributed by atoms with Gasteiger partial charge in [0.25, 0.3) is 11.5 Å². The molecule has 0 aliphatic carbocycles. The van der Waals surface area contributed by atoms with Crippen molar-refractivity contribution >= 4 is 29.0 Å². The Morgan fingerprint density at radius 1 is 1.19 bits per heavy atom. The topological polar surface area (TPSA) is 94.6 Å². The lowest BCUT2D eigenvalue weighted by atomic mass is 10.1. The number of rotatable bonds is 5. The van der Waals surface area contributed by atoms with Crippen LogP contribution in [-0.4, -0.2) is 41.5 Å². The molecule has 9 heteroatoms. The van der Waals surface area contributed by atoms with Crippen molar-refractivity contribution in [2.75, 3.05) is 19.9 Å². The SMILES string of the molecule is O=C(NC[C@H]1CCCO1)c1ccc2c(=O)n(Cc3ccc4c(c3)OCO4)c(=S)[nH]c2c1. The molecule has 0 spiro atoms. The predicted molar refractivity (Wildman–Crippen MR) is 116 cm³/mol. The van der Waals surface area contributed by atoms with Crippen LogP contribution in [0.5, 0.6) is 11.5 Å². The molecule has 2 N–H and O–H groups in total. The summed E-state index contributed by atoms with van der Waals surface area (Å²) in [5, 5.41) is 3.35. The molecule has 1 amide bonds. The number of H-pyrrole nitrogens is 1. The van der Waals surface area contributed by atoms with E-state index in [1.54, 1.807) is 18.2 Å². The first-order valence-electron chi connectivity index (χ1n) is 10.1. The summed E-state index contributed by atoms with van der Waals surface area (Å²) in [4.78, 5) is 28.7. The summed E-state index contributed by atoms with van der Waals surface area (Å²) >= 11 is 5.43. The summed E-state index contributed by atoms with van der Waals surface area (Å²) in [6.45, 7) is 1.71. The third-order valence-electron chi connectivity index (χ3n) is 5.54. The van der Waals surface area contributed by atoms with E-state index >= 15 is 0 Å². The molecule has 5 rings (SSSR count). The Balaban J connectivity index is 1.40. The van der Waals surface area contributed by atoms with Crippen molar-refractivity contribution in [2.45, 2.75) is 25.5 Å². The van der Waals surface area contributed by atoms with Gasteiger partial charge in [-0.1, -0.05) is 6.07 Å². The maximum absolute atomic E-state index is 13.1. The summed E-state index contributed by atoms with van der Waals surface area (Å²) in [6.07, 6.45) is 2.04. The van der Waals surface area contributed by atoms with Crippen LogP contribution in [0.3, 0.4) is 0 Å². The zero-order valence-corrected chi connectivity index (χ0v) is 17.5. The number of hydrogen-bond donors (Lipinski definition) is 2. The van der Waals surface area contributed by atoms with Gasteiger partial charge in [-0.15, -0.1) is 0 Å². The highest BCUT2D eigenvalue weighted by Gasteiger charge is 2.18. The number of nitrogens with zero attached hydrogens (tertiary/aromatic N) is 1. The molecule has 1 saturated heterocycles. The van der Waals surface area contributed by atoms with Crippen LogP contribution in [0.2, 0.25) is 0 Å². The van der Waals surface area contributed by atoms with Gasteiger partial charge in [-0.2, -0.15) is 0 Å². The Bertz CT molecular complexity index is 1280. The van der Waals surface area contributed by atoms with Crippen molar-refractivity contribution in [3.8, 4) is 11.5 Å². The van der Waals surface area contributed by atoms with Crippen molar-refractivity contribution in [1.82, 2.24) is 14.9 Å². The van der Waals surface area contributed by atoms with Gasteiger partial charge in [-0.25, -0.2) is 0 Å².